The van der Waals surface area contributed by atoms with E-state index < -0.39 is 6.10 Å². The first-order chi connectivity index (χ1) is 32.6. The van der Waals surface area contributed by atoms with E-state index in [1.807, 2.05) is 0 Å². The molecule has 0 radical (unpaired) electrons. The number of ether oxygens (including phenoxy) is 3. The number of hydrogen-bond donors (Lipinski definition) is 0. The van der Waals surface area contributed by atoms with Crippen LogP contribution in [0.15, 0.2) is 122 Å². The van der Waals surface area contributed by atoms with Crippen molar-refractivity contribution in [2.45, 2.75) is 232 Å². The van der Waals surface area contributed by atoms with E-state index in [-0.39, 0.29) is 25.2 Å². The number of allylic oxidation sites excluding steroid dienone is 19. The van der Waals surface area contributed by atoms with Gasteiger partial charge >= 0.3 is 11.9 Å². The molecule has 0 aromatic carbocycles. The number of rotatable bonds is 48. The van der Waals surface area contributed by atoms with Gasteiger partial charge < -0.3 is 14.2 Å². The highest BCUT2D eigenvalue weighted by Gasteiger charge is 2.17. The molecule has 5 nitrogen and oxygen atoms in total. The molecule has 0 fully saturated rings. The standard InChI is InChI=1S/C61H100O5/c1-4-7-10-13-16-19-22-25-28-31-33-36-39-42-45-48-51-54-60(62)65-58-59(57-64-56-53-50-47-44-41-38-35-30-27-24-21-18-15-12-9-6-3)66-61(63)55-52-49-46-43-40-37-34-32-29-26-23-20-17-14-11-8-5-2/h7,9-10,12,16,18-19,21,25,27-28,30,33,36,38,41-42,45,47,50,59H,4-6,8,11,13-15,17,20,22-24,26,29,31-32,34-35,37,39-40,43-44,46,48-49,51-58H2,1-3H3/b10-7-,12-9-,19-16-,21-18-,28-25-,30-27-,36-33-,41-38-,45-42-,50-47-. The minimum Gasteiger partial charge on any atom is -0.462 e. The quantitative estimate of drug-likeness (QED) is 0.0346. The van der Waals surface area contributed by atoms with Gasteiger partial charge in [-0.15, -0.1) is 0 Å². The summed E-state index contributed by atoms with van der Waals surface area (Å²) in [5, 5.41) is 0. The predicted octanol–water partition coefficient (Wildman–Crippen LogP) is 18.6. The summed E-state index contributed by atoms with van der Waals surface area (Å²) in [7, 11) is 0. The summed E-state index contributed by atoms with van der Waals surface area (Å²) in [5.74, 6) is -0.507. The third-order valence-electron chi connectivity index (χ3n) is 11.0. The Kier molecular flexibility index (Phi) is 52.5. The van der Waals surface area contributed by atoms with Gasteiger partial charge in [0.05, 0.1) is 13.2 Å². The van der Waals surface area contributed by atoms with E-state index in [2.05, 4.69) is 142 Å². The number of carbonyl (C=O) groups excluding carboxylic acids is 2. The lowest BCUT2D eigenvalue weighted by Crippen LogP contribution is -2.30. The Morgan fingerprint density at radius 3 is 1.08 bits per heavy atom. The van der Waals surface area contributed by atoms with Gasteiger partial charge in [-0.3, -0.25) is 9.59 Å². The largest absolute Gasteiger partial charge is 0.462 e. The summed E-state index contributed by atoms with van der Waals surface area (Å²) in [6.07, 6.45) is 78.1. The van der Waals surface area contributed by atoms with Crippen molar-refractivity contribution in [3.63, 3.8) is 0 Å². The van der Waals surface area contributed by atoms with E-state index in [0.717, 1.165) is 103 Å². The van der Waals surface area contributed by atoms with Crippen LogP contribution in [0.5, 0.6) is 0 Å². The number of esters is 2. The first-order valence-electron chi connectivity index (χ1n) is 27.1. The fraction of sp³-hybridized carbons (Fsp3) is 0.639. The van der Waals surface area contributed by atoms with Crippen molar-refractivity contribution in [1.29, 1.82) is 0 Å². The lowest BCUT2D eigenvalue weighted by Gasteiger charge is -2.18. The van der Waals surface area contributed by atoms with Gasteiger partial charge in [0.25, 0.3) is 0 Å². The summed E-state index contributed by atoms with van der Waals surface area (Å²) < 4.78 is 17.3. The summed E-state index contributed by atoms with van der Waals surface area (Å²) in [6.45, 7) is 7.33. The predicted molar refractivity (Wildman–Crippen MR) is 288 cm³/mol. The van der Waals surface area contributed by atoms with Crippen LogP contribution < -0.4 is 0 Å². The molecule has 0 aromatic heterocycles. The fourth-order valence-corrected chi connectivity index (χ4v) is 7.08. The molecule has 374 valence electrons. The minimum absolute atomic E-state index is 0.0208. The normalized spacial score (nSPS) is 13.2. The Morgan fingerprint density at radius 2 is 0.682 bits per heavy atom. The maximum atomic E-state index is 12.8. The molecule has 1 unspecified atom stereocenters. The molecule has 66 heavy (non-hydrogen) atoms. The Morgan fingerprint density at radius 1 is 0.348 bits per heavy atom. The van der Waals surface area contributed by atoms with Crippen LogP contribution in [-0.4, -0.2) is 37.9 Å². The van der Waals surface area contributed by atoms with Gasteiger partial charge in [-0.05, 0) is 89.9 Å². The monoisotopic (exact) mass is 913 g/mol. The average Bonchev–Trinajstić information content (AvgIpc) is 3.32. The lowest BCUT2D eigenvalue weighted by molar-refractivity contribution is -0.162. The molecule has 0 aliphatic rings. The highest BCUT2D eigenvalue weighted by atomic mass is 16.6. The zero-order valence-corrected chi connectivity index (χ0v) is 42.9. The summed E-state index contributed by atoms with van der Waals surface area (Å²) in [6, 6.07) is 0. The van der Waals surface area contributed by atoms with Gasteiger partial charge in [0.1, 0.15) is 6.61 Å². The van der Waals surface area contributed by atoms with Crippen molar-refractivity contribution in [3.05, 3.63) is 122 Å². The second kappa shape index (κ2) is 55.6. The molecule has 0 N–H and O–H groups in total. The highest BCUT2D eigenvalue weighted by molar-refractivity contribution is 5.70. The highest BCUT2D eigenvalue weighted by Crippen LogP contribution is 2.15. The zero-order chi connectivity index (χ0) is 47.7. The van der Waals surface area contributed by atoms with Crippen LogP contribution in [0.4, 0.5) is 0 Å². The molecule has 0 bridgehead atoms. The van der Waals surface area contributed by atoms with Gasteiger partial charge in [0.15, 0.2) is 6.10 Å². The zero-order valence-electron chi connectivity index (χ0n) is 42.9. The van der Waals surface area contributed by atoms with Crippen molar-refractivity contribution in [3.8, 4) is 0 Å². The molecule has 0 saturated carbocycles. The van der Waals surface area contributed by atoms with Crippen molar-refractivity contribution in [2.75, 3.05) is 19.8 Å². The third kappa shape index (κ3) is 52.9. The summed E-state index contributed by atoms with van der Waals surface area (Å²) in [5.41, 5.74) is 0. The molecule has 0 rings (SSSR count). The second-order valence-electron chi connectivity index (χ2n) is 17.4. The topological polar surface area (TPSA) is 61.8 Å². The molecular weight excluding hydrogens is 813 g/mol. The number of hydrogen-bond acceptors (Lipinski definition) is 5. The molecule has 0 aliphatic carbocycles. The van der Waals surface area contributed by atoms with Gasteiger partial charge in [-0.25, -0.2) is 0 Å². The van der Waals surface area contributed by atoms with E-state index in [0.29, 0.717) is 19.4 Å². The van der Waals surface area contributed by atoms with Crippen LogP contribution in [0.2, 0.25) is 0 Å². The fourth-order valence-electron chi connectivity index (χ4n) is 7.08. The molecule has 0 aromatic rings. The molecule has 0 aliphatic heterocycles. The van der Waals surface area contributed by atoms with Crippen LogP contribution in [0, 0.1) is 0 Å². The molecule has 0 amide bonds. The van der Waals surface area contributed by atoms with Gasteiger partial charge in [-0.2, -0.15) is 0 Å². The van der Waals surface area contributed by atoms with Crippen LogP contribution in [0.1, 0.15) is 226 Å². The maximum absolute atomic E-state index is 12.8. The average molecular weight is 913 g/mol. The van der Waals surface area contributed by atoms with E-state index in [1.54, 1.807) is 0 Å². The molecule has 0 heterocycles. The minimum atomic E-state index is -0.605. The molecular formula is C61H100O5. The number of unbranched alkanes of at least 4 members (excludes halogenated alkanes) is 17. The van der Waals surface area contributed by atoms with E-state index >= 15 is 0 Å². The Hall–Kier alpha value is -3.70. The van der Waals surface area contributed by atoms with Crippen molar-refractivity contribution in [1.82, 2.24) is 0 Å². The lowest BCUT2D eigenvalue weighted by atomic mass is 10.0. The van der Waals surface area contributed by atoms with Crippen LogP contribution in [0.3, 0.4) is 0 Å². The summed E-state index contributed by atoms with van der Waals surface area (Å²) >= 11 is 0. The Balaban J connectivity index is 4.47. The van der Waals surface area contributed by atoms with Gasteiger partial charge in [-0.1, -0.05) is 245 Å². The molecule has 0 spiro atoms. The SMILES string of the molecule is CC/C=C\C/C=C\C/C=C\C/C=C\C/C=C\CCCC(=O)OCC(COCC/C=C\C/C=C\C/C=C\C/C=C\C/C=C\CC)OC(=O)CCCCCCCCCCCCCCCCCCC. The Bertz CT molecular complexity index is 1350. The number of carbonyl (C=O) groups is 2. The third-order valence-corrected chi connectivity index (χ3v) is 11.0. The van der Waals surface area contributed by atoms with Gasteiger partial charge in [0.2, 0.25) is 0 Å². The van der Waals surface area contributed by atoms with E-state index in [4.69, 9.17) is 14.2 Å². The Labute approximate surface area is 407 Å². The molecule has 0 saturated heterocycles. The van der Waals surface area contributed by atoms with Crippen molar-refractivity contribution >= 4 is 11.9 Å². The smallest absolute Gasteiger partial charge is 0.306 e. The maximum Gasteiger partial charge on any atom is 0.306 e. The van der Waals surface area contributed by atoms with E-state index in [1.165, 1.54) is 89.9 Å². The second-order valence-corrected chi connectivity index (χ2v) is 17.4. The van der Waals surface area contributed by atoms with Crippen molar-refractivity contribution in [2.24, 2.45) is 0 Å². The van der Waals surface area contributed by atoms with Crippen LogP contribution >= 0.6 is 0 Å². The van der Waals surface area contributed by atoms with Crippen LogP contribution in [-0.2, 0) is 23.8 Å². The van der Waals surface area contributed by atoms with Crippen molar-refractivity contribution < 1.29 is 23.8 Å². The van der Waals surface area contributed by atoms with Crippen LogP contribution in [0.25, 0.3) is 0 Å². The van der Waals surface area contributed by atoms with Gasteiger partial charge in [0, 0.05) is 12.8 Å². The molecule has 1 atom stereocenters. The van der Waals surface area contributed by atoms with E-state index in [9.17, 15) is 9.59 Å². The first kappa shape index (κ1) is 62.3. The first-order valence-corrected chi connectivity index (χ1v) is 27.1. The summed E-state index contributed by atoms with van der Waals surface area (Å²) in [4.78, 5) is 25.4. The molecule has 5 heteroatoms.